The molecule has 0 aliphatic heterocycles. The number of rotatable bonds is 10. The molecule has 0 spiro atoms. The van der Waals surface area contributed by atoms with Crippen LogP contribution in [0.2, 0.25) is 0 Å². The van der Waals surface area contributed by atoms with Crippen LogP contribution < -0.4 is 4.31 Å². The summed E-state index contributed by atoms with van der Waals surface area (Å²) in [5, 5.41) is 11.3. The molecular weight excluding hydrogens is 555 g/mol. The molecule has 0 saturated heterocycles. The van der Waals surface area contributed by atoms with Gasteiger partial charge in [0.1, 0.15) is 0 Å². The van der Waals surface area contributed by atoms with E-state index in [0.717, 1.165) is 16.7 Å². The molecule has 200 valence electrons. The Balaban J connectivity index is 1.75. The lowest BCUT2D eigenvalue weighted by atomic mass is 10.0. The van der Waals surface area contributed by atoms with Crippen molar-refractivity contribution in [3.05, 3.63) is 106 Å². The van der Waals surface area contributed by atoms with E-state index in [1.54, 1.807) is 41.4 Å². The van der Waals surface area contributed by atoms with Gasteiger partial charge >= 0.3 is 0 Å². The Morgan fingerprint density at radius 3 is 2.36 bits per heavy atom. The molecule has 0 radical (unpaired) electrons. The maximum Gasteiger partial charge on any atom is 0.228 e. The summed E-state index contributed by atoms with van der Waals surface area (Å²) in [6, 6.07) is 24.3. The smallest absolute Gasteiger partial charge is 0.228 e. The van der Waals surface area contributed by atoms with Gasteiger partial charge in [0.25, 0.3) is 0 Å². The average Bonchev–Trinajstić information content (AvgIpc) is 3.42. The lowest BCUT2D eigenvalue weighted by molar-refractivity contribution is -0.131. The molecule has 1 atom stereocenters. The standard InChI is InChI=1S/C28H25N3O5S3/c1-39(35,36)27-16-22(25-11-5-6-12-26(25)31(20-29)38(33)34)13-14-23(27)19-30(18-21-8-3-2-4-9-21)28(32)17-24-10-7-15-37-24/h2-16H,17-19H2,1H3,(H,33,34)/p-1. The Labute approximate surface area is 234 Å². The summed E-state index contributed by atoms with van der Waals surface area (Å²) in [5.74, 6) is -0.141. The van der Waals surface area contributed by atoms with E-state index < -0.39 is 21.1 Å². The quantitative estimate of drug-likeness (QED) is 0.153. The number of nitriles is 1. The third-order valence-electron chi connectivity index (χ3n) is 5.98. The molecule has 0 aliphatic rings. The number of carbonyl (C=O) groups is 1. The van der Waals surface area contributed by atoms with E-state index in [4.69, 9.17) is 0 Å². The van der Waals surface area contributed by atoms with Crippen molar-refractivity contribution in [1.29, 1.82) is 5.26 Å². The van der Waals surface area contributed by atoms with Crippen molar-refractivity contribution in [3.63, 3.8) is 0 Å². The van der Waals surface area contributed by atoms with Gasteiger partial charge in [0.15, 0.2) is 16.0 Å². The van der Waals surface area contributed by atoms with Gasteiger partial charge in [-0.25, -0.2) is 12.7 Å². The first-order chi connectivity index (χ1) is 18.7. The lowest BCUT2D eigenvalue weighted by Gasteiger charge is -2.25. The van der Waals surface area contributed by atoms with Gasteiger partial charge in [-0.15, -0.1) is 11.3 Å². The number of hydrogen-bond acceptors (Lipinski definition) is 7. The first kappa shape index (κ1) is 28.2. The highest BCUT2D eigenvalue weighted by atomic mass is 32.2. The summed E-state index contributed by atoms with van der Waals surface area (Å²) < 4.78 is 49.6. The van der Waals surface area contributed by atoms with Gasteiger partial charge in [-0.2, -0.15) is 5.26 Å². The molecule has 1 unspecified atom stereocenters. The zero-order valence-corrected chi connectivity index (χ0v) is 23.3. The van der Waals surface area contributed by atoms with Crippen LogP contribution in [0, 0.1) is 11.5 Å². The monoisotopic (exact) mass is 578 g/mol. The maximum atomic E-state index is 13.4. The normalized spacial score (nSPS) is 11.9. The van der Waals surface area contributed by atoms with E-state index in [1.807, 2.05) is 47.8 Å². The fraction of sp³-hybridized carbons (Fsp3) is 0.143. The molecule has 3 aromatic carbocycles. The van der Waals surface area contributed by atoms with Crippen LogP contribution in [0.4, 0.5) is 5.69 Å². The van der Waals surface area contributed by atoms with Crippen LogP contribution in [0.3, 0.4) is 0 Å². The molecule has 0 saturated carbocycles. The first-order valence-corrected chi connectivity index (χ1v) is 15.5. The second-order valence-corrected chi connectivity index (χ2v) is 12.5. The van der Waals surface area contributed by atoms with Gasteiger partial charge in [-0.1, -0.05) is 66.7 Å². The SMILES string of the molecule is CS(=O)(=O)c1cc(-c2ccccc2N(C#N)S(=O)[O-])ccc1CN(Cc1ccccc1)C(=O)Cc1cccs1. The Morgan fingerprint density at radius 2 is 1.72 bits per heavy atom. The Kier molecular flexibility index (Phi) is 8.93. The van der Waals surface area contributed by atoms with Gasteiger partial charge in [-0.3, -0.25) is 9.00 Å². The average molecular weight is 579 g/mol. The van der Waals surface area contributed by atoms with Gasteiger partial charge < -0.3 is 9.45 Å². The molecule has 8 nitrogen and oxygen atoms in total. The molecule has 4 aromatic rings. The van der Waals surface area contributed by atoms with E-state index in [-0.39, 0.29) is 29.5 Å². The number of benzene rings is 3. The number of thiophene rings is 1. The summed E-state index contributed by atoms with van der Waals surface area (Å²) in [6.07, 6.45) is 2.91. The third-order valence-corrected chi connectivity index (χ3v) is 8.61. The van der Waals surface area contributed by atoms with Gasteiger partial charge in [0, 0.05) is 29.8 Å². The van der Waals surface area contributed by atoms with Gasteiger partial charge in [0.05, 0.1) is 28.3 Å². The minimum absolute atomic E-state index is 0.0172. The van der Waals surface area contributed by atoms with E-state index >= 15 is 0 Å². The van der Waals surface area contributed by atoms with Crippen LogP contribution in [-0.4, -0.2) is 34.2 Å². The van der Waals surface area contributed by atoms with Crippen LogP contribution in [0.1, 0.15) is 16.0 Å². The summed E-state index contributed by atoms with van der Waals surface area (Å²) in [5.41, 5.74) is 2.22. The van der Waals surface area contributed by atoms with Crippen LogP contribution in [0.15, 0.2) is 95.2 Å². The van der Waals surface area contributed by atoms with Crippen LogP contribution >= 0.6 is 11.3 Å². The predicted molar refractivity (Wildman–Crippen MR) is 151 cm³/mol. The van der Waals surface area contributed by atoms with Crippen molar-refractivity contribution < 1.29 is 22.0 Å². The highest BCUT2D eigenvalue weighted by Gasteiger charge is 2.22. The van der Waals surface area contributed by atoms with Crippen LogP contribution in [0.5, 0.6) is 0 Å². The number of anilines is 1. The molecule has 39 heavy (non-hydrogen) atoms. The number of hydrogen-bond donors (Lipinski definition) is 0. The van der Waals surface area contributed by atoms with Crippen molar-refractivity contribution in [2.45, 2.75) is 24.4 Å². The third kappa shape index (κ3) is 6.99. The predicted octanol–water partition coefficient (Wildman–Crippen LogP) is 4.67. The first-order valence-electron chi connectivity index (χ1n) is 11.7. The molecule has 0 aliphatic carbocycles. The lowest BCUT2D eigenvalue weighted by Crippen LogP contribution is -2.31. The molecule has 1 heterocycles. The summed E-state index contributed by atoms with van der Waals surface area (Å²) in [6.45, 7) is 0.351. The maximum absolute atomic E-state index is 13.4. The minimum atomic E-state index is -3.75. The summed E-state index contributed by atoms with van der Waals surface area (Å²) in [4.78, 5) is 15.9. The molecule has 1 aromatic heterocycles. The zero-order valence-electron chi connectivity index (χ0n) is 20.9. The second kappa shape index (κ2) is 12.4. The van der Waals surface area contributed by atoms with Gasteiger partial charge in [0.2, 0.25) is 5.91 Å². The molecule has 0 bridgehead atoms. The summed E-state index contributed by atoms with van der Waals surface area (Å²) in [7, 11) is -3.75. The van der Waals surface area contributed by atoms with E-state index in [1.165, 1.54) is 23.5 Å². The fourth-order valence-corrected chi connectivity index (χ4v) is 6.21. The molecule has 0 fully saturated rings. The highest BCUT2D eigenvalue weighted by Crippen LogP contribution is 2.34. The van der Waals surface area contributed by atoms with Crippen molar-refractivity contribution in [1.82, 2.24) is 4.90 Å². The van der Waals surface area contributed by atoms with E-state index in [0.29, 0.717) is 27.5 Å². The number of sulfone groups is 1. The number of para-hydroxylation sites is 1. The van der Waals surface area contributed by atoms with E-state index in [2.05, 4.69) is 0 Å². The van der Waals surface area contributed by atoms with Crippen molar-refractivity contribution in [3.8, 4) is 17.3 Å². The van der Waals surface area contributed by atoms with E-state index in [9.17, 15) is 27.2 Å². The van der Waals surface area contributed by atoms with Crippen LogP contribution in [0.25, 0.3) is 11.1 Å². The number of nitrogens with zero attached hydrogens (tertiary/aromatic N) is 3. The zero-order chi connectivity index (χ0) is 28.0. The molecule has 11 heteroatoms. The minimum Gasteiger partial charge on any atom is -0.754 e. The molecule has 4 rings (SSSR count). The number of amides is 1. The topological polar surface area (TPSA) is 122 Å². The molecule has 0 N–H and O–H groups in total. The van der Waals surface area contributed by atoms with Crippen molar-refractivity contribution in [2.75, 3.05) is 10.6 Å². The Hall–Kier alpha value is -3.82. The van der Waals surface area contributed by atoms with Gasteiger partial charge in [-0.05, 0) is 40.3 Å². The number of carbonyl (C=O) groups excluding carboxylic acids is 1. The Bertz CT molecular complexity index is 1630. The van der Waals surface area contributed by atoms with Crippen molar-refractivity contribution in [2.24, 2.45) is 0 Å². The highest BCUT2D eigenvalue weighted by molar-refractivity contribution is 7.90. The Morgan fingerprint density at radius 1 is 1.00 bits per heavy atom. The van der Waals surface area contributed by atoms with Crippen LogP contribution in [-0.2, 0) is 45.4 Å². The largest absolute Gasteiger partial charge is 0.754 e. The summed E-state index contributed by atoms with van der Waals surface area (Å²) >= 11 is -1.37. The second-order valence-electron chi connectivity index (χ2n) is 8.71. The molecular formula is C28H24N3O5S3-. The van der Waals surface area contributed by atoms with Crippen molar-refractivity contribution >= 4 is 44.0 Å². The molecule has 1 amide bonds. The fourth-order valence-electron chi connectivity index (χ4n) is 4.18.